The molecule has 126 valence electrons. The van der Waals surface area contributed by atoms with E-state index in [9.17, 15) is 9.59 Å². The van der Waals surface area contributed by atoms with Crippen molar-refractivity contribution in [2.24, 2.45) is 0 Å². The number of benzene rings is 1. The van der Waals surface area contributed by atoms with Crippen LogP contribution in [0.3, 0.4) is 0 Å². The number of halogens is 1. The number of hydrogen-bond donors (Lipinski definition) is 1. The fourth-order valence-corrected chi connectivity index (χ4v) is 2.75. The van der Waals surface area contributed by atoms with Crippen molar-refractivity contribution in [3.63, 3.8) is 0 Å². The number of rotatable bonds is 5. The standard InChI is InChI=1S/C16H21ClN2O4/c1-11-3-4-12(7-14(11)17)16(22)19-5-6-23-13(9-19)8-18(2)10-15(20)21/h3-4,7,13H,5-6,8-10H2,1-2H3,(H,20,21). The normalized spacial score (nSPS) is 18.3. The third-order valence-electron chi connectivity index (χ3n) is 3.77. The van der Waals surface area contributed by atoms with Crippen LogP contribution in [0.2, 0.25) is 5.02 Å². The summed E-state index contributed by atoms with van der Waals surface area (Å²) < 4.78 is 5.63. The molecule has 1 atom stereocenters. The summed E-state index contributed by atoms with van der Waals surface area (Å²) in [4.78, 5) is 26.7. The number of carboxylic acids is 1. The average molecular weight is 341 g/mol. The lowest BCUT2D eigenvalue weighted by Crippen LogP contribution is -2.49. The highest BCUT2D eigenvalue weighted by molar-refractivity contribution is 6.31. The highest BCUT2D eigenvalue weighted by Gasteiger charge is 2.26. The van der Waals surface area contributed by atoms with Crippen LogP contribution < -0.4 is 0 Å². The van der Waals surface area contributed by atoms with Crippen molar-refractivity contribution in [2.45, 2.75) is 13.0 Å². The van der Waals surface area contributed by atoms with Gasteiger partial charge < -0.3 is 14.7 Å². The first-order valence-corrected chi connectivity index (χ1v) is 7.82. The van der Waals surface area contributed by atoms with E-state index in [-0.39, 0.29) is 18.6 Å². The van der Waals surface area contributed by atoms with E-state index >= 15 is 0 Å². The van der Waals surface area contributed by atoms with Gasteiger partial charge in [0.2, 0.25) is 0 Å². The highest BCUT2D eigenvalue weighted by Crippen LogP contribution is 2.19. The van der Waals surface area contributed by atoms with E-state index in [1.807, 2.05) is 13.0 Å². The van der Waals surface area contributed by atoms with Gasteiger partial charge in [-0.05, 0) is 31.7 Å². The SMILES string of the molecule is Cc1ccc(C(=O)N2CCOC(CN(C)CC(=O)O)C2)cc1Cl. The van der Waals surface area contributed by atoms with Gasteiger partial charge in [-0.2, -0.15) is 0 Å². The molecule has 2 rings (SSSR count). The minimum absolute atomic E-state index is 0.0542. The molecule has 1 saturated heterocycles. The molecular formula is C16H21ClN2O4. The molecule has 1 amide bonds. The molecule has 7 heteroatoms. The van der Waals surface area contributed by atoms with Gasteiger partial charge in [-0.25, -0.2) is 0 Å². The molecule has 0 aliphatic carbocycles. The Morgan fingerprint density at radius 2 is 2.22 bits per heavy atom. The van der Waals surface area contributed by atoms with Crippen molar-refractivity contribution in [1.29, 1.82) is 0 Å². The van der Waals surface area contributed by atoms with Gasteiger partial charge in [-0.15, -0.1) is 0 Å². The van der Waals surface area contributed by atoms with Crippen LogP contribution in [0.25, 0.3) is 0 Å². The fourth-order valence-electron chi connectivity index (χ4n) is 2.57. The van der Waals surface area contributed by atoms with E-state index in [1.165, 1.54) is 0 Å². The second-order valence-electron chi connectivity index (χ2n) is 5.80. The zero-order chi connectivity index (χ0) is 17.0. The maximum absolute atomic E-state index is 12.6. The Morgan fingerprint density at radius 3 is 2.87 bits per heavy atom. The Bertz CT molecular complexity index is 593. The number of amides is 1. The molecule has 0 spiro atoms. The average Bonchev–Trinajstić information content (AvgIpc) is 2.48. The van der Waals surface area contributed by atoms with Gasteiger partial charge in [0.25, 0.3) is 5.91 Å². The largest absolute Gasteiger partial charge is 0.480 e. The number of likely N-dealkylation sites (N-methyl/N-ethyl adjacent to an activating group) is 1. The number of hydrogen-bond acceptors (Lipinski definition) is 4. The van der Waals surface area contributed by atoms with Gasteiger partial charge in [0.1, 0.15) is 0 Å². The van der Waals surface area contributed by atoms with Crippen LogP contribution in [0.5, 0.6) is 0 Å². The quantitative estimate of drug-likeness (QED) is 0.879. The lowest BCUT2D eigenvalue weighted by molar-refractivity contribution is -0.138. The van der Waals surface area contributed by atoms with Gasteiger partial charge in [0.05, 0.1) is 19.3 Å². The number of carboxylic acid groups (broad SMARTS) is 1. The number of aryl methyl sites for hydroxylation is 1. The summed E-state index contributed by atoms with van der Waals surface area (Å²) in [6.45, 7) is 3.69. The summed E-state index contributed by atoms with van der Waals surface area (Å²) in [6, 6.07) is 5.28. The molecule has 23 heavy (non-hydrogen) atoms. The molecule has 0 aromatic heterocycles. The molecule has 1 aromatic rings. The predicted octanol–water partition coefficient (Wildman–Crippen LogP) is 1.51. The summed E-state index contributed by atoms with van der Waals surface area (Å²) >= 11 is 6.09. The van der Waals surface area contributed by atoms with Crippen molar-refractivity contribution >= 4 is 23.5 Å². The Morgan fingerprint density at radius 1 is 1.48 bits per heavy atom. The minimum atomic E-state index is -0.884. The summed E-state index contributed by atoms with van der Waals surface area (Å²) in [6.07, 6.45) is -0.196. The molecule has 1 N–H and O–H groups in total. The summed E-state index contributed by atoms with van der Waals surface area (Å²) in [5.41, 5.74) is 1.48. The topological polar surface area (TPSA) is 70.1 Å². The monoisotopic (exact) mass is 340 g/mol. The maximum atomic E-state index is 12.6. The fraction of sp³-hybridized carbons (Fsp3) is 0.500. The molecule has 1 fully saturated rings. The first-order chi connectivity index (χ1) is 10.9. The molecule has 0 radical (unpaired) electrons. The van der Waals surface area contributed by atoms with Crippen LogP contribution in [-0.4, -0.2) is 72.7 Å². The summed E-state index contributed by atoms with van der Waals surface area (Å²) in [7, 11) is 1.72. The van der Waals surface area contributed by atoms with Gasteiger partial charge >= 0.3 is 5.97 Å². The molecule has 6 nitrogen and oxygen atoms in total. The number of nitrogens with zero attached hydrogens (tertiary/aromatic N) is 2. The molecule has 1 unspecified atom stereocenters. The molecule has 0 bridgehead atoms. The second-order valence-corrected chi connectivity index (χ2v) is 6.21. The minimum Gasteiger partial charge on any atom is -0.480 e. The van der Waals surface area contributed by atoms with Crippen molar-refractivity contribution in [3.05, 3.63) is 34.3 Å². The Kier molecular flexibility index (Phi) is 5.98. The smallest absolute Gasteiger partial charge is 0.317 e. The number of carbonyl (C=O) groups is 2. The number of ether oxygens (including phenoxy) is 1. The van der Waals surface area contributed by atoms with Gasteiger partial charge in [-0.1, -0.05) is 17.7 Å². The van der Waals surface area contributed by atoms with E-state index in [1.54, 1.807) is 29.0 Å². The third-order valence-corrected chi connectivity index (χ3v) is 4.17. The summed E-state index contributed by atoms with van der Waals surface area (Å²) in [5.74, 6) is -0.966. The Hall–Kier alpha value is -1.63. The van der Waals surface area contributed by atoms with Crippen LogP contribution in [0.1, 0.15) is 15.9 Å². The first kappa shape index (κ1) is 17.7. The molecule has 1 aromatic carbocycles. The molecular weight excluding hydrogens is 320 g/mol. The number of morpholine rings is 1. The lowest BCUT2D eigenvalue weighted by atomic mass is 10.1. The van der Waals surface area contributed by atoms with Gasteiger partial charge in [0, 0.05) is 30.2 Å². The first-order valence-electron chi connectivity index (χ1n) is 7.44. The molecule has 0 saturated carbocycles. The predicted molar refractivity (Wildman–Crippen MR) is 87.0 cm³/mol. The Labute approximate surface area is 140 Å². The van der Waals surface area contributed by atoms with Crippen LogP contribution >= 0.6 is 11.6 Å². The van der Waals surface area contributed by atoms with E-state index < -0.39 is 5.97 Å². The van der Waals surface area contributed by atoms with Gasteiger partial charge in [-0.3, -0.25) is 14.5 Å². The Balaban J connectivity index is 1.98. The van der Waals surface area contributed by atoms with E-state index in [2.05, 4.69) is 0 Å². The lowest BCUT2D eigenvalue weighted by Gasteiger charge is -2.34. The van der Waals surface area contributed by atoms with Crippen LogP contribution in [0, 0.1) is 6.92 Å². The second kappa shape index (κ2) is 7.77. The maximum Gasteiger partial charge on any atom is 0.317 e. The van der Waals surface area contributed by atoms with E-state index in [0.29, 0.717) is 36.8 Å². The van der Waals surface area contributed by atoms with Crippen molar-refractivity contribution in [3.8, 4) is 0 Å². The zero-order valence-corrected chi connectivity index (χ0v) is 14.0. The third kappa shape index (κ3) is 4.92. The number of carbonyl (C=O) groups excluding carboxylic acids is 1. The van der Waals surface area contributed by atoms with Crippen molar-refractivity contribution < 1.29 is 19.4 Å². The number of aliphatic carboxylic acids is 1. The van der Waals surface area contributed by atoms with E-state index in [0.717, 1.165) is 5.56 Å². The molecule has 1 aliphatic heterocycles. The van der Waals surface area contributed by atoms with Crippen LogP contribution in [0.15, 0.2) is 18.2 Å². The van der Waals surface area contributed by atoms with Crippen molar-refractivity contribution in [1.82, 2.24) is 9.80 Å². The summed E-state index contributed by atoms with van der Waals surface area (Å²) in [5, 5.41) is 9.36. The van der Waals surface area contributed by atoms with Gasteiger partial charge in [0.15, 0.2) is 0 Å². The molecule has 1 aliphatic rings. The zero-order valence-electron chi connectivity index (χ0n) is 13.3. The highest BCUT2D eigenvalue weighted by atomic mass is 35.5. The van der Waals surface area contributed by atoms with Crippen molar-refractivity contribution in [2.75, 3.05) is 39.8 Å². The van der Waals surface area contributed by atoms with Crippen LogP contribution in [-0.2, 0) is 9.53 Å². The molecule has 1 heterocycles. The van der Waals surface area contributed by atoms with Crippen LogP contribution in [0.4, 0.5) is 0 Å². The van der Waals surface area contributed by atoms with E-state index in [4.69, 9.17) is 21.4 Å².